The fourth-order valence-corrected chi connectivity index (χ4v) is 2.37. The second-order valence-corrected chi connectivity index (χ2v) is 5.60. The lowest BCUT2D eigenvalue weighted by Crippen LogP contribution is -2.27. The number of esters is 1. The van der Waals surface area contributed by atoms with Crippen molar-refractivity contribution in [2.75, 3.05) is 20.3 Å². The Hall–Kier alpha value is -3.15. The molecule has 0 unspecified atom stereocenters. The van der Waals surface area contributed by atoms with Crippen molar-refractivity contribution in [1.29, 1.82) is 0 Å². The second-order valence-electron chi connectivity index (χ2n) is 5.60. The molecule has 136 valence electrons. The lowest BCUT2D eigenvalue weighted by atomic mass is 10.1. The average molecular weight is 355 g/mol. The van der Waals surface area contributed by atoms with E-state index in [1.54, 1.807) is 36.4 Å². The minimum Gasteiger partial charge on any atom is -0.496 e. The summed E-state index contributed by atoms with van der Waals surface area (Å²) in [6.45, 7) is 1.60. The predicted molar refractivity (Wildman–Crippen MR) is 96.4 cm³/mol. The van der Waals surface area contributed by atoms with Gasteiger partial charge in [0.05, 0.1) is 19.1 Å². The minimum atomic E-state index is -0.557. The predicted octanol–water partition coefficient (Wildman–Crippen LogP) is 2.55. The zero-order chi connectivity index (χ0) is 18.9. The normalized spacial score (nSPS) is 10.1. The van der Waals surface area contributed by atoms with Crippen molar-refractivity contribution in [1.82, 2.24) is 5.32 Å². The van der Waals surface area contributed by atoms with Crippen molar-refractivity contribution < 1.29 is 23.9 Å². The summed E-state index contributed by atoms with van der Waals surface area (Å²) in [7, 11) is 1.47. The largest absolute Gasteiger partial charge is 0.496 e. The molecule has 0 saturated carbocycles. The Bertz CT molecular complexity index is 800. The smallest absolute Gasteiger partial charge is 0.308 e. The van der Waals surface area contributed by atoms with Gasteiger partial charge in [-0.2, -0.15) is 0 Å². The summed E-state index contributed by atoms with van der Waals surface area (Å²) < 4.78 is 10.1. The molecule has 1 N–H and O–H groups in total. The first-order valence-electron chi connectivity index (χ1n) is 8.18. The molecule has 0 fully saturated rings. The van der Waals surface area contributed by atoms with Gasteiger partial charge in [0.1, 0.15) is 5.75 Å². The summed E-state index contributed by atoms with van der Waals surface area (Å²) in [4.78, 5) is 35.9. The number of Topliss-reactive ketones (excluding diaryl/α,β-unsaturated/α-hetero) is 1. The van der Waals surface area contributed by atoms with E-state index in [-0.39, 0.29) is 31.3 Å². The Morgan fingerprint density at radius 3 is 2.31 bits per heavy atom. The van der Waals surface area contributed by atoms with Gasteiger partial charge >= 0.3 is 5.97 Å². The fraction of sp³-hybridized carbons (Fsp3) is 0.250. The van der Waals surface area contributed by atoms with E-state index in [0.29, 0.717) is 16.9 Å². The molecule has 0 bridgehead atoms. The molecule has 6 nitrogen and oxygen atoms in total. The van der Waals surface area contributed by atoms with Crippen molar-refractivity contribution >= 4 is 17.7 Å². The maximum atomic E-state index is 12.1. The fourth-order valence-electron chi connectivity index (χ4n) is 2.37. The lowest BCUT2D eigenvalue weighted by molar-refractivity contribution is -0.142. The molecule has 0 aliphatic heterocycles. The molecule has 1 amide bonds. The highest BCUT2D eigenvalue weighted by molar-refractivity contribution is 6.00. The molecule has 0 aliphatic carbocycles. The van der Waals surface area contributed by atoms with Gasteiger partial charge < -0.3 is 14.8 Å². The zero-order valence-electron chi connectivity index (χ0n) is 14.8. The molecular weight excluding hydrogens is 334 g/mol. The van der Waals surface area contributed by atoms with Crippen molar-refractivity contribution in [2.24, 2.45) is 0 Å². The number of amides is 1. The number of hydrogen-bond acceptors (Lipinski definition) is 5. The van der Waals surface area contributed by atoms with Crippen LogP contribution in [0.3, 0.4) is 0 Å². The third-order valence-corrected chi connectivity index (χ3v) is 3.78. The van der Waals surface area contributed by atoms with Crippen molar-refractivity contribution in [3.8, 4) is 5.75 Å². The Kier molecular flexibility index (Phi) is 6.91. The van der Waals surface area contributed by atoms with Crippen LogP contribution in [0.2, 0.25) is 0 Å². The van der Waals surface area contributed by atoms with Crippen LogP contribution >= 0.6 is 0 Å². The number of carbonyl (C=O) groups excluding carboxylic acids is 3. The van der Waals surface area contributed by atoms with Gasteiger partial charge in [0, 0.05) is 12.1 Å². The number of ketones is 1. The molecule has 2 aromatic rings. The highest BCUT2D eigenvalue weighted by atomic mass is 16.5. The second kappa shape index (κ2) is 9.36. The van der Waals surface area contributed by atoms with Crippen LogP contribution in [0.4, 0.5) is 0 Å². The number of nitrogens with one attached hydrogen (secondary N) is 1. The first kappa shape index (κ1) is 19.2. The summed E-state index contributed by atoms with van der Waals surface area (Å²) in [5.74, 6) is -0.724. The van der Waals surface area contributed by atoms with Crippen LogP contribution in [0.1, 0.15) is 32.7 Å². The summed E-state index contributed by atoms with van der Waals surface area (Å²) in [5, 5.41) is 2.66. The van der Waals surface area contributed by atoms with Crippen LogP contribution in [-0.2, 0) is 9.53 Å². The van der Waals surface area contributed by atoms with Gasteiger partial charge in [0.15, 0.2) is 6.61 Å². The Morgan fingerprint density at radius 2 is 1.62 bits per heavy atom. The summed E-state index contributed by atoms with van der Waals surface area (Å²) >= 11 is 0. The summed E-state index contributed by atoms with van der Waals surface area (Å²) in [5.41, 5.74) is 1.78. The number of hydrogen-bond donors (Lipinski definition) is 1. The zero-order valence-corrected chi connectivity index (χ0v) is 14.8. The molecule has 0 saturated heterocycles. The van der Waals surface area contributed by atoms with Crippen LogP contribution in [0.5, 0.6) is 5.75 Å². The molecule has 0 radical (unpaired) electrons. The molecule has 0 aromatic heterocycles. The summed E-state index contributed by atoms with van der Waals surface area (Å²) in [6, 6.07) is 13.9. The van der Waals surface area contributed by atoms with Crippen LogP contribution < -0.4 is 10.1 Å². The third-order valence-electron chi connectivity index (χ3n) is 3.78. The van der Waals surface area contributed by atoms with E-state index in [4.69, 9.17) is 9.47 Å². The van der Waals surface area contributed by atoms with E-state index in [2.05, 4.69) is 5.32 Å². The molecular formula is C20H21NO5. The van der Waals surface area contributed by atoms with Gasteiger partial charge in [-0.1, -0.05) is 30.3 Å². The molecule has 2 rings (SSSR count). The van der Waals surface area contributed by atoms with E-state index < -0.39 is 5.97 Å². The van der Waals surface area contributed by atoms with E-state index in [1.807, 2.05) is 19.1 Å². The van der Waals surface area contributed by atoms with E-state index >= 15 is 0 Å². The number of para-hydroxylation sites is 1. The first-order valence-corrected chi connectivity index (χ1v) is 8.18. The van der Waals surface area contributed by atoms with Crippen molar-refractivity contribution in [3.63, 3.8) is 0 Å². The van der Waals surface area contributed by atoms with Gasteiger partial charge in [0.2, 0.25) is 5.78 Å². The molecule has 2 aromatic carbocycles. The van der Waals surface area contributed by atoms with Gasteiger partial charge in [-0.25, -0.2) is 0 Å². The lowest BCUT2D eigenvalue weighted by Gasteiger charge is -2.09. The van der Waals surface area contributed by atoms with Crippen LogP contribution in [0, 0.1) is 6.92 Å². The number of ether oxygens (including phenoxy) is 2. The van der Waals surface area contributed by atoms with E-state index in [1.165, 1.54) is 7.11 Å². The monoisotopic (exact) mass is 355 g/mol. The van der Waals surface area contributed by atoms with E-state index in [9.17, 15) is 14.4 Å². The number of carbonyl (C=O) groups is 3. The molecule has 0 aliphatic rings. The highest BCUT2D eigenvalue weighted by Crippen LogP contribution is 2.17. The van der Waals surface area contributed by atoms with Crippen molar-refractivity contribution in [3.05, 3.63) is 65.2 Å². The molecule has 0 atom stereocenters. The maximum Gasteiger partial charge on any atom is 0.308 e. The minimum absolute atomic E-state index is 0.0170. The molecule has 0 heterocycles. The quantitative estimate of drug-likeness (QED) is 0.581. The number of rotatable bonds is 8. The SMILES string of the molecule is COc1ccccc1C(=O)COC(=O)CCNC(=O)c1ccccc1C. The topological polar surface area (TPSA) is 81.7 Å². The summed E-state index contributed by atoms with van der Waals surface area (Å²) in [6.07, 6.45) is -0.0170. The van der Waals surface area contributed by atoms with Gasteiger partial charge in [0.25, 0.3) is 5.91 Å². The standard InChI is InChI=1S/C20H21NO5/c1-14-7-3-4-8-15(14)20(24)21-12-11-19(23)26-13-17(22)16-9-5-6-10-18(16)25-2/h3-10H,11-13H2,1-2H3,(H,21,24). The van der Waals surface area contributed by atoms with Crippen LogP contribution in [-0.4, -0.2) is 37.9 Å². The van der Waals surface area contributed by atoms with E-state index in [0.717, 1.165) is 5.56 Å². The number of benzene rings is 2. The molecule has 6 heteroatoms. The number of aryl methyl sites for hydroxylation is 1. The molecule has 0 spiro atoms. The highest BCUT2D eigenvalue weighted by Gasteiger charge is 2.14. The van der Waals surface area contributed by atoms with Gasteiger partial charge in [-0.3, -0.25) is 14.4 Å². The molecule has 26 heavy (non-hydrogen) atoms. The van der Waals surface area contributed by atoms with Crippen molar-refractivity contribution in [2.45, 2.75) is 13.3 Å². The number of methoxy groups -OCH3 is 1. The van der Waals surface area contributed by atoms with Crippen LogP contribution in [0.25, 0.3) is 0 Å². The average Bonchev–Trinajstić information content (AvgIpc) is 2.66. The van der Waals surface area contributed by atoms with Crippen LogP contribution in [0.15, 0.2) is 48.5 Å². The Balaban J connectivity index is 1.76. The third kappa shape index (κ3) is 5.17. The van der Waals surface area contributed by atoms with Gasteiger partial charge in [-0.15, -0.1) is 0 Å². The Labute approximate surface area is 152 Å². The Morgan fingerprint density at radius 1 is 0.962 bits per heavy atom. The first-order chi connectivity index (χ1) is 12.5. The van der Waals surface area contributed by atoms with Gasteiger partial charge in [-0.05, 0) is 30.7 Å². The maximum absolute atomic E-state index is 12.1.